The Bertz CT molecular complexity index is 589. The lowest BCUT2D eigenvalue weighted by Gasteiger charge is -2.19. The van der Waals surface area contributed by atoms with Crippen LogP contribution >= 0.6 is 0 Å². The molecule has 4 nitrogen and oxygen atoms in total. The van der Waals surface area contributed by atoms with Crippen LogP contribution in [0.5, 0.6) is 11.5 Å². The van der Waals surface area contributed by atoms with E-state index >= 15 is 0 Å². The van der Waals surface area contributed by atoms with Crippen LogP contribution in [0.4, 0.5) is 0 Å². The molecule has 0 radical (unpaired) electrons. The maximum absolute atomic E-state index is 5.74. The Morgan fingerprint density at radius 1 is 1.05 bits per heavy atom. The summed E-state index contributed by atoms with van der Waals surface area (Å²) >= 11 is 0. The molecule has 0 aliphatic rings. The number of hydrogen-bond acceptors (Lipinski definition) is 4. The normalized spacial score (nSPS) is 12.2. The number of ether oxygens (including phenoxy) is 2. The maximum atomic E-state index is 5.74. The summed E-state index contributed by atoms with van der Waals surface area (Å²) in [5, 5.41) is 3.29. The molecule has 20 heavy (non-hydrogen) atoms. The molecule has 1 aromatic carbocycles. The molecule has 1 N–H and O–H groups in total. The van der Waals surface area contributed by atoms with Crippen LogP contribution < -0.4 is 14.8 Å². The minimum atomic E-state index is -0.0106. The van der Waals surface area contributed by atoms with E-state index in [1.165, 1.54) is 0 Å². The molecule has 0 aliphatic heterocycles. The number of methoxy groups -OCH3 is 2. The van der Waals surface area contributed by atoms with E-state index in [0.29, 0.717) is 0 Å². The fourth-order valence-electron chi connectivity index (χ4n) is 2.37. The lowest BCUT2D eigenvalue weighted by atomic mass is 9.98. The van der Waals surface area contributed by atoms with Crippen LogP contribution in [-0.2, 0) is 0 Å². The molecule has 0 spiro atoms. The Morgan fingerprint density at radius 2 is 1.70 bits per heavy atom. The van der Waals surface area contributed by atoms with Gasteiger partial charge in [-0.1, -0.05) is 0 Å². The topological polar surface area (TPSA) is 43.6 Å². The quantitative estimate of drug-likeness (QED) is 0.910. The zero-order chi connectivity index (χ0) is 14.7. The number of rotatable bonds is 5. The lowest BCUT2D eigenvalue weighted by Crippen LogP contribution is -2.18. The highest BCUT2D eigenvalue weighted by Gasteiger charge is 2.20. The van der Waals surface area contributed by atoms with Gasteiger partial charge < -0.3 is 19.2 Å². The van der Waals surface area contributed by atoms with Crippen molar-refractivity contribution in [1.29, 1.82) is 0 Å². The second-order valence-electron chi connectivity index (χ2n) is 4.73. The first kappa shape index (κ1) is 14.5. The van der Waals surface area contributed by atoms with Crippen LogP contribution in [0.3, 0.4) is 0 Å². The molecule has 0 amide bonds. The van der Waals surface area contributed by atoms with E-state index in [4.69, 9.17) is 13.9 Å². The van der Waals surface area contributed by atoms with E-state index in [1.54, 1.807) is 14.2 Å². The monoisotopic (exact) mass is 275 g/mol. The molecule has 1 heterocycles. The van der Waals surface area contributed by atoms with Crippen molar-refractivity contribution in [2.45, 2.75) is 19.9 Å². The molecule has 0 saturated heterocycles. The van der Waals surface area contributed by atoms with Gasteiger partial charge in [-0.05, 0) is 56.3 Å². The first-order chi connectivity index (χ1) is 9.60. The lowest BCUT2D eigenvalue weighted by molar-refractivity contribution is 0.353. The predicted octanol–water partition coefficient (Wildman–Crippen LogP) is 3.22. The van der Waals surface area contributed by atoms with Gasteiger partial charge in [0.25, 0.3) is 0 Å². The Labute approximate surface area is 119 Å². The summed E-state index contributed by atoms with van der Waals surface area (Å²) in [6, 6.07) is 7.92. The first-order valence-corrected chi connectivity index (χ1v) is 6.56. The molecule has 2 rings (SSSR count). The molecule has 1 unspecified atom stereocenters. The fourth-order valence-corrected chi connectivity index (χ4v) is 2.37. The van der Waals surface area contributed by atoms with Gasteiger partial charge in [0.2, 0.25) is 0 Å². The summed E-state index contributed by atoms with van der Waals surface area (Å²) in [5.74, 6) is 3.24. The van der Waals surface area contributed by atoms with Crippen molar-refractivity contribution in [3.8, 4) is 11.5 Å². The van der Waals surface area contributed by atoms with E-state index in [0.717, 1.165) is 34.1 Å². The highest BCUT2D eigenvalue weighted by Crippen LogP contribution is 2.35. The average Bonchev–Trinajstić information content (AvgIpc) is 2.87. The summed E-state index contributed by atoms with van der Waals surface area (Å²) in [6.45, 7) is 4.00. The Balaban J connectivity index is 2.49. The van der Waals surface area contributed by atoms with Crippen LogP contribution in [-0.4, -0.2) is 21.3 Å². The summed E-state index contributed by atoms with van der Waals surface area (Å²) < 4.78 is 16.5. The van der Waals surface area contributed by atoms with E-state index in [9.17, 15) is 0 Å². The number of aryl methyl sites for hydroxylation is 2. The van der Waals surface area contributed by atoms with Crippen molar-refractivity contribution in [2.24, 2.45) is 0 Å². The van der Waals surface area contributed by atoms with Gasteiger partial charge in [0.15, 0.2) is 11.5 Å². The van der Waals surface area contributed by atoms with Crippen molar-refractivity contribution in [1.82, 2.24) is 5.32 Å². The first-order valence-electron chi connectivity index (χ1n) is 6.56. The van der Waals surface area contributed by atoms with Gasteiger partial charge in [0.1, 0.15) is 11.5 Å². The summed E-state index contributed by atoms with van der Waals surface area (Å²) in [5.41, 5.74) is 2.23. The minimum Gasteiger partial charge on any atom is -0.493 e. The molecule has 0 fully saturated rings. The van der Waals surface area contributed by atoms with Gasteiger partial charge in [-0.2, -0.15) is 0 Å². The van der Waals surface area contributed by atoms with Gasteiger partial charge >= 0.3 is 0 Å². The second-order valence-corrected chi connectivity index (χ2v) is 4.73. The summed E-state index contributed by atoms with van der Waals surface area (Å²) in [7, 11) is 5.20. The highest BCUT2D eigenvalue weighted by atomic mass is 16.5. The molecule has 2 aromatic rings. The van der Waals surface area contributed by atoms with Crippen LogP contribution in [0.1, 0.15) is 28.7 Å². The van der Waals surface area contributed by atoms with Gasteiger partial charge in [-0.15, -0.1) is 0 Å². The van der Waals surface area contributed by atoms with Crippen molar-refractivity contribution in [2.75, 3.05) is 21.3 Å². The largest absolute Gasteiger partial charge is 0.493 e. The van der Waals surface area contributed by atoms with E-state index in [2.05, 4.69) is 12.2 Å². The predicted molar refractivity (Wildman–Crippen MR) is 78.6 cm³/mol. The molecule has 0 bridgehead atoms. The number of hydrogen-bond donors (Lipinski definition) is 1. The molecular weight excluding hydrogens is 254 g/mol. The zero-order valence-corrected chi connectivity index (χ0v) is 12.6. The number of furan rings is 1. The Kier molecular flexibility index (Phi) is 4.35. The standard InChI is InChI=1S/C16H21NO3/c1-10-8-14(18-4)15(19-5)9-12(10)16(17-3)13-7-6-11(2)20-13/h6-9,16-17H,1-5H3. The average molecular weight is 275 g/mol. The van der Waals surface area contributed by atoms with E-state index in [1.807, 2.05) is 38.2 Å². The van der Waals surface area contributed by atoms with Gasteiger partial charge in [0, 0.05) is 0 Å². The fraction of sp³-hybridized carbons (Fsp3) is 0.375. The van der Waals surface area contributed by atoms with E-state index < -0.39 is 0 Å². The van der Waals surface area contributed by atoms with E-state index in [-0.39, 0.29) is 6.04 Å². The molecule has 108 valence electrons. The molecule has 1 aromatic heterocycles. The van der Waals surface area contributed by atoms with Crippen LogP contribution in [0, 0.1) is 13.8 Å². The summed E-state index contributed by atoms with van der Waals surface area (Å²) in [4.78, 5) is 0. The second kappa shape index (κ2) is 6.01. The maximum Gasteiger partial charge on any atom is 0.161 e. The van der Waals surface area contributed by atoms with Crippen molar-refractivity contribution in [3.63, 3.8) is 0 Å². The third-order valence-corrected chi connectivity index (χ3v) is 3.42. The SMILES string of the molecule is CNC(c1ccc(C)o1)c1cc(OC)c(OC)cc1C. The number of nitrogens with one attached hydrogen (secondary N) is 1. The van der Waals surface area contributed by atoms with Crippen molar-refractivity contribution in [3.05, 3.63) is 46.9 Å². The van der Waals surface area contributed by atoms with Crippen LogP contribution in [0.15, 0.2) is 28.7 Å². The molecule has 0 saturated carbocycles. The third-order valence-electron chi connectivity index (χ3n) is 3.42. The van der Waals surface area contributed by atoms with Gasteiger partial charge in [-0.25, -0.2) is 0 Å². The molecule has 1 atom stereocenters. The third kappa shape index (κ3) is 2.65. The van der Waals surface area contributed by atoms with Gasteiger partial charge in [0.05, 0.1) is 20.3 Å². The van der Waals surface area contributed by atoms with Gasteiger partial charge in [-0.3, -0.25) is 0 Å². The molecule has 0 aliphatic carbocycles. The number of benzene rings is 1. The summed E-state index contributed by atoms with van der Waals surface area (Å²) in [6.07, 6.45) is 0. The molecular formula is C16H21NO3. The van der Waals surface area contributed by atoms with Crippen molar-refractivity contribution < 1.29 is 13.9 Å². The van der Waals surface area contributed by atoms with Crippen LogP contribution in [0.2, 0.25) is 0 Å². The highest BCUT2D eigenvalue weighted by molar-refractivity contribution is 5.49. The molecule has 4 heteroatoms. The Hall–Kier alpha value is -1.94. The zero-order valence-electron chi connectivity index (χ0n) is 12.6. The van der Waals surface area contributed by atoms with Crippen LogP contribution in [0.25, 0.3) is 0 Å². The smallest absolute Gasteiger partial charge is 0.161 e. The Morgan fingerprint density at radius 3 is 2.20 bits per heavy atom. The van der Waals surface area contributed by atoms with Crippen molar-refractivity contribution >= 4 is 0 Å². The minimum absolute atomic E-state index is 0.0106.